The van der Waals surface area contributed by atoms with E-state index in [1.165, 1.54) is 30.3 Å². The summed E-state index contributed by atoms with van der Waals surface area (Å²) >= 11 is 0. The summed E-state index contributed by atoms with van der Waals surface area (Å²) in [7, 11) is 0. The van der Waals surface area contributed by atoms with Crippen LogP contribution in [0, 0.1) is 23.7 Å². The number of carbonyl (C=O) groups excluding carboxylic acids is 1. The highest BCUT2D eigenvalue weighted by atomic mass is 16.5. The lowest BCUT2D eigenvalue weighted by Gasteiger charge is -2.08. The second kappa shape index (κ2) is 8.72. The van der Waals surface area contributed by atoms with Crippen molar-refractivity contribution in [1.82, 2.24) is 0 Å². The Kier molecular flexibility index (Phi) is 6.14. The molecule has 0 unspecified atom stereocenters. The van der Waals surface area contributed by atoms with Gasteiger partial charge in [0.15, 0.2) is 0 Å². The lowest BCUT2D eigenvalue weighted by atomic mass is 10.1. The number of terminal acetylenes is 1. The quantitative estimate of drug-likeness (QED) is 0.476. The number of carboxylic acid groups (broad SMARTS) is 1. The number of anilines is 1. The van der Waals surface area contributed by atoms with Crippen LogP contribution in [0.5, 0.6) is 5.75 Å². The van der Waals surface area contributed by atoms with Gasteiger partial charge in [-0.1, -0.05) is 24.1 Å². The third-order valence-corrected chi connectivity index (χ3v) is 3.28. The topological polar surface area (TPSA) is 99.4 Å². The van der Waals surface area contributed by atoms with Gasteiger partial charge in [-0.3, -0.25) is 4.79 Å². The number of hydrogen-bond acceptors (Lipinski definition) is 4. The van der Waals surface area contributed by atoms with E-state index < -0.39 is 11.9 Å². The van der Waals surface area contributed by atoms with Gasteiger partial charge in [-0.05, 0) is 36.4 Å². The molecule has 1 amide bonds. The van der Waals surface area contributed by atoms with Crippen molar-refractivity contribution in [3.05, 3.63) is 65.2 Å². The minimum atomic E-state index is -1.07. The fourth-order valence-electron chi connectivity index (χ4n) is 2.05. The zero-order valence-corrected chi connectivity index (χ0v) is 13.6. The maximum absolute atomic E-state index is 12.3. The van der Waals surface area contributed by atoms with Crippen LogP contribution in [0.15, 0.2) is 54.1 Å². The van der Waals surface area contributed by atoms with Crippen LogP contribution in [0.4, 0.5) is 5.69 Å². The Morgan fingerprint density at radius 1 is 1.19 bits per heavy atom. The summed E-state index contributed by atoms with van der Waals surface area (Å²) < 4.78 is 5.39. The van der Waals surface area contributed by atoms with Crippen LogP contribution in [-0.2, 0) is 4.79 Å². The molecule has 0 bridgehead atoms. The number of ether oxygens (including phenoxy) is 1. The molecule has 0 aromatic heterocycles. The summed E-state index contributed by atoms with van der Waals surface area (Å²) in [4.78, 5) is 23.1. The van der Waals surface area contributed by atoms with Crippen LogP contribution in [0.3, 0.4) is 0 Å². The second-order valence-corrected chi connectivity index (χ2v) is 5.04. The molecule has 2 rings (SSSR count). The van der Waals surface area contributed by atoms with Crippen molar-refractivity contribution in [3.63, 3.8) is 0 Å². The molecule has 0 aliphatic heterocycles. The van der Waals surface area contributed by atoms with E-state index in [9.17, 15) is 14.9 Å². The third-order valence-electron chi connectivity index (χ3n) is 3.28. The Morgan fingerprint density at radius 3 is 2.50 bits per heavy atom. The van der Waals surface area contributed by atoms with Gasteiger partial charge in [0, 0.05) is 11.3 Å². The average molecular weight is 346 g/mol. The van der Waals surface area contributed by atoms with Gasteiger partial charge >= 0.3 is 5.97 Å². The number of benzene rings is 2. The fraction of sp³-hybridized carbons (Fsp3) is 0.0500. The van der Waals surface area contributed by atoms with Gasteiger partial charge in [-0.25, -0.2) is 4.79 Å². The zero-order valence-electron chi connectivity index (χ0n) is 13.6. The molecule has 0 atom stereocenters. The first kappa shape index (κ1) is 18.3. The van der Waals surface area contributed by atoms with Gasteiger partial charge in [0.1, 0.15) is 24.0 Å². The predicted octanol–water partition coefficient (Wildman–Crippen LogP) is 2.94. The second-order valence-electron chi connectivity index (χ2n) is 5.04. The van der Waals surface area contributed by atoms with E-state index in [2.05, 4.69) is 11.2 Å². The summed E-state index contributed by atoms with van der Waals surface area (Å²) in [6.07, 6.45) is 6.57. The van der Waals surface area contributed by atoms with Crippen molar-refractivity contribution >= 4 is 23.6 Å². The molecule has 0 spiro atoms. The summed E-state index contributed by atoms with van der Waals surface area (Å²) in [6, 6.07) is 14.3. The number of amides is 1. The lowest BCUT2D eigenvalue weighted by Crippen LogP contribution is -2.13. The van der Waals surface area contributed by atoms with Crippen molar-refractivity contribution in [2.45, 2.75) is 0 Å². The highest BCUT2D eigenvalue weighted by Crippen LogP contribution is 2.21. The van der Waals surface area contributed by atoms with Crippen molar-refractivity contribution in [2.24, 2.45) is 0 Å². The van der Waals surface area contributed by atoms with Gasteiger partial charge in [-0.2, -0.15) is 5.26 Å². The molecule has 26 heavy (non-hydrogen) atoms. The van der Waals surface area contributed by atoms with Gasteiger partial charge < -0.3 is 15.2 Å². The van der Waals surface area contributed by atoms with Crippen molar-refractivity contribution < 1.29 is 19.4 Å². The molecule has 6 heteroatoms. The summed E-state index contributed by atoms with van der Waals surface area (Å²) in [5.74, 6) is 1.12. The number of rotatable bonds is 6. The Morgan fingerprint density at radius 2 is 1.88 bits per heavy atom. The van der Waals surface area contributed by atoms with Crippen LogP contribution in [0.2, 0.25) is 0 Å². The first-order valence-electron chi connectivity index (χ1n) is 7.47. The number of carboxylic acids is 1. The number of aromatic carboxylic acids is 1. The Balaban J connectivity index is 2.21. The highest BCUT2D eigenvalue weighted by Gasteiger charge is 2.12. The third kappa shape index (κ3) is 4.73. The Labute approximate surface area is 150 Å². The largest absolute Gasteiger partial charge is 0.480 e. The molecular formula is C20H14N2O4. The molecule has 128 valence electrons. The van der Waals surface area contributed by atoms with E-state index in [0.29, 0.717) is 17.0 Å². The zero-order chi connectivity index (χ0) is 18.9. The molecule has 2 aromatic carbocycles. The number of nitrogens with zero attached hydrogens (tertiary/aromatic N) is 1. The molecule has 2 aromatic rings. The molecule has 0 heterocycles. The monoisotopic (exact) mass is 346 g/mol. The van der Waals surface area contributed by atoms with E-state index in [4.69, 9.17) is 16.3 Å². The number of nitrogens with one attached hydrogen (secondary N) is 1. The van der Waals surface area contributed by atoms with E-state index in [1.807, 2.05) is 6.07 Å². The van der Waals surface area contributed by atoms with Crippen LogP contribution in [-0.4, -0.2) is 23.6 Å². The minimum absolute atomic E-state index is 0.0643. The molecule has 0 aliphatic carbocycles. The lowest BCUT2D eigenvalue weighted by molar-refractivity contribution is -0.112. The van der Waals surface area contributed by atoms with Crippen molar-refractivity contribution in [1.29, 1.82) is 5.26 Å². The Hall–Kier alpha value is -4.03. The maximum Gasteiger partial charge on any atom is 0.335 e. The number of carbonyl (C=O) groups is 2. The van der Waals surface area contributed by atoms with Gasteiger partial charge in [0.05, 0.1) is 5.56 Å². The SMILES string of the molecule is C#CCOc1ccccc1/C=C(\C#N)C(=O)Nc1ccc(C(=O)O)cc1. The smallest absolute Gasteiger partial charge is 0.335 e. The number of para-hydroxylation sites is 1. The highest BCUT2D eigenvalue weighted by molar-refractivity contribution is 6.10. The van der Waals surface area contributed by atoms with E-state index >= 15 is 0 Å². The van der Waals surface area contributed by atoms with Crippen LogP contribution in [0.25, 0.3) is 6.08 Å². The maximum atomic E-state index is 12.3. The molecule has 0 radical (unpaired) electrons. The van der Waals surface area contributed by atoms with E-state index in [0.717, 1.165) is 0 Å². The molecule has 0 fully saturated rings. The van der Waals surface area contributed by atoms with E-state index in [-0.39, 0.29) is 17.7 Å². The van der Waals surface area contributed by atoms with Crippen LogP contribution in [0.1, 0.15) is 15.9 Å². The van der Waals surface area contributed by atoms with Crippen LogP contribution >= 0.6 is 0 Å². The first-order chi connectivity index (χ1) is 12.5. The predicted molar refractivity (Wildman–Crippen MR) is 96.4 cm³/mol. The molecule has 2 N–H and O–H groups in total. The number of nitriles is 1. The number of hydrogen-bond donors (Lipinski definition) is 2. The molecule has 6 nitrogen and oxygen atoms in total. The standard InChI is InChI=1S/C20H14N2O4/c1-2-11-26-18-6-4-3-5-15(18)12-16(13-21)19(23)22-17-9-7-14(8-10-17)20(24)25/h1,3-10,12H,11H2,(H,22,23)(H,24,25)/b16-12+. The first-order valence-corrected chi connectivity index (χ1v) is 7.47. The van der Waals surface area contributed by atoms with Gasteiger partial charge in [0.2, 0.25) is 0 Å². The van der Waals surface area contributed by atoms with Crippen LogP contribution < -0.4 is 10.1 Å². The normalized spacial score (nSPS) is 10.3. The summed E-state index contributed by atoms with van der Waals surface area (Å²) in [5, 5.41) is 20.7. The molecule has 0 saturated heterocycles. The summed E-state index contributed by atoms with van der Waals surface area (Å²) in [5.41, 5.74) is 0.872. The van der Waals surface area contributed by atoms with E-state index in [1.54, 1.807) is 24.3 Å². The Bertz CT molecular complexity index is 932. The van der Waals surface area contributed by atoms with Gasteiger partial charge in [-0.15, -0.1) is 6.42 Å². The fourth-order valence-corrected chi connectivity index (χ4v) is 2.05. The van der Waals surface area contributed by atoms with Gasteiger partial charge in [0.25, 0.3) is 5.91 Å². The molecule has 0 aliphatic rings. The summed E-state index contributed by atoms with van der Waals surface area (Å²) in [6.45, 7) is 0.0643. The molecule has 0 saturated carbocycles. The van der Waals surface area contributed by atoms with Crippen molar-refractivity contribution in [2.75, 3.05) is 11.9 Å². The average Bonchev–Trinajstić information content (AvgIpc) is 2.65. The van der Waals surface area contributed by atoms with Crippen molar-refractivity contribution in [3.8, 4) is 24.2 Å². The molecular weight excluding hydrogens is 332 g/mol. The minimum Gasteiger partial charge on any atom is -0.480 e.